The summed E-state index contributed by atoms with van der Waals surface area (Å²) in [6.45, 7) is 10.1. The van der Waals surface area contributed by atoms with Crippen LogP contribution in [-0.4, -0.2) is 47.0 Å². The molecule has 0 saturated carbocycles. The first kappa shape index (κ1) is 23.3. The highest BCUT2D eigenvalue weighted by Gasteiger charge is 2.13. The predicted octanol–water partition coefficient (Wildman–Crippen LogP) is 3.44. The number of aliphatic imine (C=N–C) groups is 1. The van der Waals surface area contributed by atoms with Crippen LogP contribution >= 0.6 is 0 Å². The summed E-state index contributed by atoms with van der Waals surface area (Å²) in [6, 6.07) is 7.14. The van der Waals surface area contributed by atoms with E-state index in [9.17, 15) is 0 Å². The van der Waals surface area contributed by atoms with E-state index in [0.29, 0.717) is 0 Å². The van der Waals surface area contributed by atoms with Gasteiger partial charge in [-0.25, -0.2) is 0 Å². The molecular weight excluding hydrogens is 388 g/mol. The Morgan fingerprint density at radius 1 is 1.23 bits per heavy atom. The van der Waals surface area contributed by atoms with Crippen LogP contribution in [0.2, 0.25) is 0 Å². The Bertz CT molecular complexity index is 831. The van der Waals surface area contributed by atoms with Gasteiger partial charge in [0.05, 0.1) is 6.04 Å². The molecule has 0 spiro atoms. The van der Waals surface area contributed by atoms with E-state index in [1.54, 1.807) is 6.33 Å². The van der Waals surface area contributed by atoms with Crippen molar-refractivity contribution in [2.75, 3.05) is 26.3 Å². The van der Waals surface area contributed by atoms with Crippen molar-refractivity contribution in [2.24, 2.45) is 4.99 Å². The standard InChI is InChI=1S/C24H38N6O/c1-4-23-29-27-18-30(23)15-14-26-24(25-13-8-16-31-5-2)28-19(3)21-12-11-20-9-6-7-10-22(20)17-21/h11-12,17-19H,4-10,13-16H2,1-3H3,(H2,25,26,28). The van der Waals surface area contributed by atoms with Crippen molar-refractivity contribution in [3.63, 3.8) is 0 Å². The Morgan fingerprint density at radius 3 is 2.87 bits per heavy atom. The summed E-state index contributed by atoms with van der Waals surface area (Å²) in [5, 5.41) is 15.3. The Balaban J connectivity index is 1.60. The summed E-state index contributed by atoms with van der Waals surface area (Å²) in [7, 11) is 0. The van der Waals surface area contributed by atoms with Crippen LogP contribution in [-0.2, 0) is 30.5 Å². The minimum Gasteiger partial charge on any atom is -0.382 e. The highest BCUT2D eigenvalue weighted by atomic mass is 16.5. The van der Waals surface area contributed by atoms with Crippen LogP contribution < -0.4 is 10.6 Å². The number of ether oxygens (including phenoxy) is 1. The molecule has 0 bridgehead atoms. The first-order valence-corrected chi connectivity index (χ1v) is 11.8. The van der Waals surface area contributed by atoms with E-state index in [-0.39, 0.29) is 6.04 Å². The van der Waals surface area contributed by atoms with Gasteiger partial charge in [-0.15, -0.1) is 10.2 Å². The van der Waals surface area contributed by atoms with E-state index in [1.807, 2.05) is 6.92 Å². The number of hydrogen-bond donors (Lipinski definition) is 2. The molecule has 0 fully saturated rings. The second kappa shape index (κ2) is 12.4. The number of nitrogens with one attached hydrogen (secondary N) is 2. The molecule has 7 heteroatoms. The summed E-state index contributed by atoms with van der Waals surface area (Å²) in [5.74, 6) is 1.85. The normalized spacial score (nSPS) is 14.9. The van der Waals surface area contributed by atoms with Crippen LogP contribution in [0, 0.1) is 0 Å². The molecule has 1 aromatic carbocycles. The van der Waals surface area contributed by atoms with Gasteiger partial charge in [-0.1, -0.05) is 25.1 Å². The number of hydrogen-bond acceptors (Lipinski definition) is 4. The molecule has 31 heavy (non-hydrogen) atoms. The molecule has 0 amide bonds. The number of benzene rings is 1. The zero-order chi connectivity index (χ0) is 21.9. The molecule has 2 aromatic rings. The lowest BCUT2D eigenvalue weighted by molar-refractivity contribution is 0.146. The number of rotatable bonds is 11. The molecular formula is C24H38N6O. The zero-order valence-corrected chi connectivity index (χ0v) is 19.4. The Morgan fingerprint density at radius 2 is 2.06 bits per heavy atom. The molecule has 2 N–H and O–H groups in total. The van der Waals surface area contributed by atoms with Gasteiger partial charge in [0, 0.05) is 39.3 Å². The van der Waals surface area contributed by atoms with Gasteiger partial charge in [-0.2, -0.15) is 0 Å². The molecule has 0 saturated heterocycles. The van der Waals surface area contributed by atoms with E-state index in [4.69, 9.17) is 9.73 Å². The van der Waals surface area contributed by atoms with Crippen LogP contribution in [0.5, 0.6) is 0 Å². The number of aromatic nitrogens is 3. The summed E-state index contributed by atoms with van der Waals surface area (Å²) in [5.41, 5.74) is 4.35. The molecule has 3 rings (SSSR count). The van der Waals surface area contributed by atoms with Crippen LogP contribution in [0.1, 0.15) is 68.6 Å². The number of aryl methyl sites for hydroxylation is 3. The third kappa shape index (κ3) is 7.06. The van der Waals surface area contributed by atoms with Gasteiger partial charge in [0.1, 0.15) is 12.2 Å². The van der Waals surface area contributed by atoms with Crippen molar-refractivity contribution in [2.45, 2.75) is 71.9 Å². The summed E-state index contributed by atoms with van der Waals surface area (Å²) in [6.07, 6.45) is 8.62. The van der Waals surface area contributed by atoms with Gasteiger partial charge in [-0.05, 0) is 62.6 Å². The van der Waals surface area contributed by atoms with Crippen molar-refractivity contribution in [3.05, 3.63) is 47.0 Å². The fourth-order valence-corrected chi connectivity index (χ4v) is 4.00. The maximum absolute atomic E-state index is 5.45. The van der Waals surface area contributed by atoms with E-state index in [0.717, 1.165) is 57.5 Å². The van der Waals surface area contributed by atoms with E-state index >= 15 is 0 Å². The van der Waals surface area contributed by atoms with Gasteiger partial charge in [-0.3, -0.25) is 4.99 Å². The quantitative estimate of drug-likeness (QED) is 0.327. The first-order valence-electron chi connectivity index (χ1n) is 11.8. The Labute approximate surface area is 186 Å². The lowest BCUT2D eigenvalue weighted by atomic mass is 9.89. The SMILES string of the molecule is CCOCCCN=C(NCCn1cnnc1CC)NC(C)c1ccc2c(c1)CCCC2. The Hall–Kier alpha value is -2.41. The Kier molecular flexibility index (Phi) is 9.34. The fourth-order valence-electron chi connectivity index (χ4n) is 4.00. The molecule has 7 nitrogen and oxygen atoms in total. The second-order valence-electron chi connectivity index (χ2n) is 8.10. The van der Waals surface area contributed by atoms with E-state index < -0.39 is 0 Å². The third-order valence-electron chi connectivity index (χ3n) is 5.80. The van der Waals surface area contributed by atoms with Gasteiger partial charge in [0.2, 0.25) is 0 Å². The van der Waals surface area contributed by atoms with Crippen molar-refractivity contribution in [3.8, 4) is 0 Å². The second-order valence-corrected chi connectivity index (χ2v) is 8.10. The van der Waals surface area contributed by atoms with Crippen LogP contribution in [0.3, 0.4) is 0 Å². The summed E-state index contributed by atoms with van der Waals surface area (Å²) >= 11 is 0. The molecule has 170 valence electrons. The minimum atomic E-state index is 0.187. The van der Waals surface area contributed by atoms with E-state index in [2.05, 4.69) is 57.4 Å². The van der Waals surface area contributed by atoms with Gasteiger partial charge < -0.3 is 19.9 Å². The summed E-state index contributed by atoms with van der Waals surface area (Å²) < 4.78 is 7.54. The number of nitrogens with zero attached hydrogens (tertiary/aromatic N) is 4. The summed E-state index contributed by atoms with van der Waals surface area (Å²) in [4.78, 5) is 4.78. The number of fused-ring (bicyclic) bond motifs is 1. The average molecular weight is 427 g/mol. The average Bonchev–Trinajstić information content (AvgIpc) is 3.25. The van der Waals surface area contributed by atoms with Crippen LogP contribution in [0.25, 0.3) is 0 Å². The van der Waals surface area contributed by atoms with Crippen molar-refractivity contribution in [1.82, 2.24) is 25.4 Å². The van der Waals surface area contributed by atoms with Crippen LogP contribution in [0.4, 0.5) is 0 Å². The maximum Gasteiger partial charge on any atom is 0.191 e. The molecule has 1 unspecified atom stereocenters. The molecule has 1 atom stereocenters. The fraction of sp³-hybridized carbons (Fsp3) is 0.625. The zero-order valence-electron chi connectivity index (χ0n) is 19.4. The van der Waals surface area contributed by atoms with Gasteiger partial charge >= 0.3 is 0 Å². The molecule has 0 aliphatic heterocycles. The molecule has 1 aliphatic rings. The minimum absolute atomic E-state index is 0.187. The van der Waals surface area contributed by atoms with Gasteiger partial charge in [0.25, 0.3) is 0 Å². The maximum atomic E-state index is 5.45. The van der Waals surface area contributed by atoms with Crippen molar-refractivity contribution >= 4 is 5.96 Å². The topological polar surface area (TPSA) is 76.4 Å². The molecule has 0 radical (unpaired) electrons. The van der Waals surface area contributed by atoms with Gasteiger partial charge in [0.15, 0.2) is 5.96 Å². The lowest BCUT2D eigenvalue weighted by Gasteiger charge is -2.22. The molecule has 1 aliphatic carbocycles. The molecule has 1 aromatic heterocycles. The predicted molar refractivity (Wildman–Crippen MR) is 125 cm³/mol. The largest absolute Gasteiger partial charge is 0.382 e. The highest BCUT2D eigenvalue weighted by Crippen LogP contribution is 2.24. The first-order chi connectivity index (χ1) is 15.2. The number of guanidine groups is 1. The smallest absolute Gasteiger partial charge is 0.191 e. The van der Waals surface area contributed by atoms with Crippen molar-refractivity contribution in [1.29, 1.82) is 0 Å². The third-order valence-corrected chi connectivity index (χ3v) is 5.80. The lowest BCUT2D eigenvalue weighted by Crippen LogP contribution is -2.40. The van der Waals surface area contributed by atoms with E-state index in [1.165, 1.54) is 42.4 Å². The van der Waals surface area contributed by atoms with Crippen molar-refractivity contribution < 1.29 is 4.74 Å². The monoisotopic (exact) mass is 426 g/mol. The van der Waals surface area contributed by atoms with Crippen LogP contribution in [0.15, 0.2) is 29.5 Å². The highest BCUT2D eigenvalue weighted by molar-refractivity contribution is 5.80. The molecule has 1 heterocycles.